The minimum Gasteiger partial charge on any atom is -0.339 e. The highest BCUT2D eigenvalue weighted by molar-refractivity contribution is 6.42. The number of hydrogen-bond donors (Lipinski definition) is 2. The van der Waals surface area contributed by atoms with Crippen LogP contribution in [0.1, 0.15) is 12.8 Å². The summed E-state index contributed by atoms with van der Waals surface area (Å²) in [7, 11) is 0. The Labute approximate surface area is 139 Å². The van der Waals surface area contributed by atoms with Crippen molar-refractivity contribution in [2.24, 2.45) is 0 Å². The smallest absolute Gasteiger partial charge is 0.319 e. The van der Waals surface area contributed by atoms with Gasteiger partial charge in [-0.1, -0.05) is 29.8 Å². The Hall–Kier alpha value is -1.72. The molecule has 0 spiro atoms. The molecule has 7 heteroatoms. The topological polar surface area (TPSA) is 61.4 Å². The average molecular weight is 342 g/mol. The van der Waals surface area contributed by atoms with E-state index in [1.165, 1.54) is 6.08 Å². The van der Waals surface area contributed by atoms with Gasteiger partial charge >= 0.3 is 6.03 Å². The van der Waals surface area contributed by atoms with Gasteiger partial charge in [0, 0.05) is 24.8 Å². The third-order valence-corrected chi connectivity index (χ3v) is 4.23. The second kappa shape index (κ2) is 7.51. The number of nitrogens with one attached hydrogen (secondary N) is 2. The molecule has 1 saturated heterocycles. The van der Waals surface area contributed by atoms with Crippen LogP contribution in [0, 0.1) is 0 Å². The number of benzene rings is 1. The van der Waals surface area contributed by atoms with Crippen molar-refractivity contribution in [1.82, 2.24) is 10.2 Å². The first-order valence-corrected chi connectivity index (χ1v) is 7.69. The molecule has 1 fully saturated rings. The van der Waals surface area contributed by atoms with Gasteiger partial charge in [0.25, 0.3) is 0 Å². The van der Waals surface area contributed by atoms with Gasteiger partial charge in [0.1, 0.15) is 0 Å². The van der Waals surface area contributed by atoms with Crippen molar-refractivity contribution in [3.63, 3.8) is 0 Å². The molecule has 0 radical (unpaired) electrons. The maximum atomic E-state index is 12.0. The molecular weight excluding hydrogens is 325 g/mol. The summed E-state index contributed by atoms with van der Waals surface area (Å²) in [5.74, 6) is -0.0706. The number of nitrogens with zero attached hydrogens (tertiary/aromatic N) is 1. The number of amides is 3. The minimum atomic E-state index is -0.299. The standard InChI is InChI=1S/C15H17Cl2N3O2/c1-2-14(21)20-7-5-10(6-8-20)18-15(22)19-11-3-4-12(16)13(17)9-11/h2-4,9-10H,1,5-8H2,(H2,18,19,22). The van der Waals surface area contributed by atoms with Crippen molar-refractivity contribution in [2.75, 3.05) is 18.4 Å². The maximum Gasteiger partial charge on any atom is 0.319 e. The van der Waals surface area contributed by atoms with Crippen LogP contribution in [0.15, 0.2) is 30.9 Å². The van der Waals surface area contributed by atoms with Crippen LogP contribution >= 0.6 is 23.2 Å². The van der Waals surface area contributed by atoms with Crippen LogP contribution in [0.4, 0.5) is 10.5 Å². The van der Waals surface area contributed by atoms with Crippen LogP contribution in [0.2, 0.25) is 10.0 Å². The molecule has 2 N–H and O–H groups in total. The zero-order valence-corrected chi connectivity index (χ0v) is 13.5. The molecule has 1 aliphatic heterocycles. The first-order chi connectivity index (χ1) is 10.5. The molecule has 0 saturated carbocycles. The van der Waals surface area contributed by atoms with Gasteiger partial charge in [0.05, 0.1) is 10.0 Å². The molecule has 2 rings (SSSR count). The summed E-state index contributed by atoms with van der Waals surface area (Å²) in [4.78, 5) is 25.2. The Balaban J connectivity index is 1.82. The van der Waals surface area contributed by atoms with Crippen LogP contribution < -0.4 is 10.6 Å². The van der Waals surface area contributed by atoms with Gasteiger partial charge in [-0.3, -0.25) is 4.79 Å². The number of halogens is 2. The fourth-order valence-electron chi connectivity index (χ4n) is 2.30. The van der Waals surface area contributed by atoms with Crippen LogP contribution in [0.5, 0.6) is 0 Å². The lowest BCUT2D eigenvalue weighted by atomic mass is 10.1. The third kappa shape index (κ3) is 4.39. The summed E-state index contributed by atoms with van der Waals surface area (Å²) in [6.45, 7) is 4.70. The predicted octanol–water partition coefficient (Wildman–Crippen LogP) is 3.29. The van der Waals surface area contributed by atoms with Gasteiger partial charge in [-0.25, -0.2) is 4.79 Å². The molecule has 0 bridgehead atoms. The quantitative estimate of drug-likeness (QED) is 0.828. The number of rotatable bonds is 3. The van der Waals surface area contributed by atoms with Crippen LogP contribution in [-0.2, 0) is 4.79 Å². The first kappa shape index (κ1) is 16.6. The van der Waals surface area contributed by atoms with E-state index in [0.717, 1.165) is 0 Å². The summed E-state index contributed by atoms with van der Waals surface area (Å²) in [6, 6.07) is 4.64. The van der Waals surface area contributed by atoms with Gasteiger partial charge in [-0.2, -0.15) is 0 Å². The van der Waals surface area contributed by atoms with Gasteiger partial charge in [0.2, 0.25) is 5.91 Å². The molecule has 3 amide bonds. The SMILES string of the molecule is C=CC(=O)N1CCC(NC(=O)Nc2ccc(Cl)c(Cl)c2)CC1. The zero-order valence-electron chi connectivity index (χ0n) is 11.9. The number of piperidine rings is 1. The highest BCUT2D eigenvalue weighted by Crippen LogP contribution is 2.25. The van der Waals surface area contributed by atoms with Crippen molar-refractivity contribution < 1.29 is 9.59 Å². The molecule has 0 atom stereocenters. The largest absolute Gasteiger partial charge is 0.339 e. The number of hydrogen-bond acceptors (Lipinski definition) is 2. The van der Waals surface area contributed by atoms with E-state index in [-0.39, 0.29) is 18.0 Å². The highest BCUT2D eigenvalue weighted by atomic mass is 35.5. The Morgan fingerprint density at radius 2 is 1.91 bits per heavy atom. The lowest BCUT2D eigenvalue weighted by Gasteiger charge is -2.31. The van der Waals surface area contributed by atoms with Crippen LogP contribution in [0.25, 0.3) is 0 Å². The number of anilines is 1. The van der Waals surface area contributed by atoms with Crippen molar-refractivity contribution in [2.45, 2.75) is 18.9 Å². The number of urea groups is 1. The van der Waals surface area contributed by atoms with Crippen molar-refractivity contribution in [1.29, 1.82) is 0 Å². The fourth-order valence-corrected chi connectivity index (χ4v) is 2.60. The highest BCUT2D eigenvalue weighted by Gasteiger charge is 2.22. The van der Waals surface area contributed by atoms with Crippen LogP contribution in [0.3, 0.4) is 0 Å². The van der Waals surface area contributed by atoms with E-state index in [0.29, 0.717) is 41.7 Å². The second-order valence-electron chi connectivity index (χ2n) is 5.03. The molecule has 1 heterocycles. The van der Waals surface area contributed by atoms with Crippen molar-refractivity contribution >= 4 is 40.8 Å². The summed E-state index contributed by atoms with van der Waals surface area (Å²) in [5, 5.41) is 6.42. The van der Waals surface area contributed by atoms with Gasteiger partial charge in [-0.15, -0.1) is 0 Å². The van der Waals surface area contributed by atoms with Gasteiger partial charge in [0.15, 0.2) is 0 Å². The molecule has 118 valence electrons. The molecule has 0 aliphatic carbocycles. The van der Waals surface area contributed by atoms with Gasteiger partial charge in [-0.05, 0) is 37.1 Å². The van der Waals surface area contributed by atoms with E-state index < -0.39 is 0 Å². The van der Waals surface area contributed by atoms with Crippen molar-refractivity contribution in [3.8, 4) is 0 Å². The number of carbonyl (C=O) groups is 2. The molecule has 1 aliphatic rings. The normalized spacial score (nSPS) is 15.3. The van der Waals surface area contributed by atoms with Crippen molar-refractivity contribution in [3.05, 3.63) is 40.9 Å². The Bertz CT molecular complexity index is 584. The zero-order chi connectivity index (χ0) is 16.1. The average Bonchev–Trinajstić information content (AvgIpc) is 2.51. The van der Waals surface area contributed by atoms with E-state index in [2.05, 4.69) is 17.2 Å². The predicted molar refractivity (Wildman–Crippen MR) is 88.4 cm³/mol. The first-order valence-electron chi connectivity index (χ1n) is 6.93. The summed E-state index contributed by atoms with van der Waals surface area (Å²) in [6.07, 6.45) is 2.74. The van der Waals surface area contributed by atoms with E-state index in [1.807, 2.05) is 0 Å². The Morgan fingerprint density at radius 3 is 2.50 bits per heavy atom. The number of carbonyl (C=O) groups excluding carboxylic acids is 2. The molecule has 5 nitrogen and oxygen atoms in total. The lowest BCUT2D eigenvalue weighted by molar-refractivity contribution is -0.127. The summed E-state index contributed by atoms with van der Waals surface area (Å²) >= 11 is 11.7. The van der Waals surface area contributed by atoms with Crippen LogP contribution in [-0.4, -0.2) is 36.0 Å². The Morgan fingerprint density at radius 1 is 1.23 bits per heavy atom. The molecule has 0 unspecified atom stereocenters. The molecular formula is C15H17Cl2N3O2. The fraction of sp³-hybridized carbons (Fsp3) is 0.333. The second-order valence-corrected chi connectivity index (χ2v) is 5.85. The third-order valence-electron chi connectivity index (χ3n) is 3.49. The van der Waals surface area contributed by atoms with E-state index >= 15 is 0 Å². The monoisotopic (exact) mass is 341 g/mol. The lowest BCUT2D eigenvalue weighted by Crippen LogP contribution is -2.47. The number of likely N-dealkylation sites (tertiary alicyclic amines) is 1. The molecule has 1 aromatic carbocycles. The maximum absolute atomic E-state index is 12.0. The van der Waals surface area contributed by atoms with E-state index in [1.54, 1.807) is 23.1 Å². The Kier molecular flexibility index (Phi) is 5.69. The minimum absolute atomic E-state index is 0.0386. The van der Waals surface area contributed by atoms with E-state index in [9.17, 15) is 9.59 Å². The molecule has 1 aromatic rings. The molecule has 22 heavy (non-hydrogen) atoms. The summed E-state index contributed by atoms with van der Waals surface area (Å²) in [5.41, 5.74) is 0.575. The van der Waals surface area contributed by atoms with Gasteiger partial charge < -0.3 is 15.5 Å². The van der Waals surface area contributed by atoms with E-state index in [4.69, 9.17) is 23.2 Å². The molecule has 0 aromatic heterocycles. The summed E-state index contributed by atoms with van der Waals surface area (Å²) < 4.78 is 0.